The van der Waals surface area contributed by atoms with Crippen molar-refractivity contribution in [1.82, 2.24) is 0 Å². The topological polar surface area (TPSA) is 27.7 Å². The van der Waals surface area contributed by atoms with E-state index in [4.69, 9.17) is 14.2 Å². The Morgan fingerprint density at radius 3 is 1.67 bits per heavy atom. The normalized spacial score (nSPS) is 27.3. The Labute approximate surface area is 223 Å². The predicted molar refractivity (Wildman–Crippen MR) is 156 cm³/mol. The number of thioether (sulfide) groups is 6. The van der Waals surface area contributed by atoms with Crippen LogP contribution in [0.25, 0.3) is 0 Å². The highest BCUT2D eigenvalue weighted by molar-refractivity contribution is 8.06. The van der Waals surface area contributed by atoms with E-state index in [2.05, 4.69) is 19.7 Å². The lowest BCUT2D eigenvalue weighted by Gasteiger charge is -2.22. The van der Waals surface area contributed by atoms with Crippen molar-refractivity contribution in [1.29, 1.82) is 0 Å². The summed E-state index contributed by atoms with van der Waals surface area (Å²) >= 11 is 11.1. The monoisotopic (exact) mass is 558 g/mol. The zero-order valence-electron chi connectivity index (χ0n) is 18.6. The van der Waals surface area contributed by atoms with Crippen LogP contribution < -0.4 is 14.2 Å². The van der Waals surface area contributed by atoms with Crippen LogP contribution >= 0.6 is 70.6 Å². The molecule has 3 nitrogen and oxygen atoms in total. The maximum atomic E-state index is 6.42. The smallest absolute Gasteiger partial charge is 0.153 e. The highest BCUT2D eigenvalue weighted by atomic mass is 32.2. The second kappa shape index (κ2) is 13.3. The van der Waals surface area contributed by atoms with Crippen molar-refractivity contribution in [3.05, 3.63) is 54.0 Å². The zero-order chi connectivity index (χ0) is 23.0. The van der Waals surface area contributed by atoms with Gasteiger partial charge in [-0.1, -0.05) is 30.9 Å². The molecule has 9 heteroatoms. The van der Waals surface area contributed by atoms with Crippen molar-refractivity contribution < 1.29 is 14.2 Å². The van der Waals surface area contributed by atoms with Crippen molar-refractivity contribution in [3.8, 4) is 17.2 Å². The first-order valence-electron chi connectivity index (χ1n) is 10.8. The van der Waals surface area contributed by atoms with Gasteiger partial charge in [0.05, 0.1) is 0 Å². The summed E-state index contributed by atoms with van der Waals surface area (Å²) in [5.41, 5.74) is 2.83. The van der Waals surface area contributed by atoms with Crippen LogP contribution in [0, 0.1) is 0 Å². The van der Waals surface area contributed by atoms with Gasteiger partial charge in [-0.25, -0.2) is 0 Å². The first-order chi connectivity index (χ1) is 16.0. The van der Waals surface area contributed by atoms with E-state index in [9.17, 15) is 0 Å². The molecule has 3 saturated heterocycles. The largest absolute Gasteiger partial charge is 0.479 e. The van der Waals surface area contributed by atoms with Crippen LogP contribution in [0.1, 0.15) is 6.42 Å². The number of rotatable bonds is 6. The molecule has 0 N–H and O–H groups in total. The van der Waals surface area contributed by atoms with Crippen LogP contribution in [-0.4, -0.2) is 62.3 Å². The first-order valence-corrected chi connectivity index (χ1v) is 17.3. The standard InChI is InChI=1S/C24H30O3S6/c1-16-9-28-14-23(31-11-16)26-20-6-19(25-22-4-5-30-18(3)13-33-22)7-21(8-20)27-24-15-29-10-17(2)12-32-24/h6-8,22-24H,1-5,9-15H2. The molecule has 4 rings (SSSR count). The summed E-state index contributed by atoms with van der Waals surface area (Å²) in [6, 6.07) is 6.05. The van der Waals surface area contributed by atoms with Gasteiger partial charge in [-0.15, -0.1) is 47.0 Å². The van der Waals surface area contributed by atoms with Crippen LogP contribution in [-0.2, 0) is 0 Å². The van der Waals surface area contributed by atoms with Crippen LogP contribution in [0.2, 0.25) is 0 Å². The molecule has 3 unspecified atom stereocenters. The van der Waals surface area contributed by atoms with Crippen molar-refractivity contribution in [3.63, 3.8) is 0 Å². The van der Waals surface area contributed by atoms with E-state index in [0.717, 1.165) is 69.7 Å². The van der Waals surface area contributed by atoms with Crippen LogP contribution in [0.3, 0.4) is 0 Å². The van der Waals surface area contributed by atoms with Gasteiger partial charge in [0.2, 0.25) is 0 Å². The zero-order valence-corrected chi connectivity index (χ0v) is 23.5. The molecule has 0 aliphatic carbocycles. The van der Waals surface area contributed by atoms with Crippen LogP contribution in [0.5, 0.6) is 17.2 Å². The summed E-state index contributed by atoms with van der Waals surface area (Å²) in [6.07, 6.45) is 0.990. The highest BCUT2D eigenvalue weighted by Crippen LogP contribution is 2.37. The fraction of sp³-hybridized carbons (Fsp3) is 0.500. The Bertz CT molecular complexity index is 739. The molecular weight excluding hydrogens is 529 g/mol. The van der Waals surface area contributed by atoms with E-state index in [1.54, 1.807) is 0 Å². The van der Waals surface area contributed by atoms with Gasteiger partial charge >= 0.3 is 0 Å². The summed E-state index contributed by atoms with van der Waals surface area (Å²) in [5.74, 6) is 10.2. The molecule has 1 aromatic rings. The van der Waals surface area contributed by atoms with Crippen molar-refractivity contribution in [2.75, 3.05) is 46.0 Å². The van der Waals surface area contributed by atoms with Gasteiger partial charge < -0.3 is 14.2 Å². The molecule has 0 bridgehead atoms. The maximum Gasteiger partial charge on any atom is 0.153 e. The third-order valence-electron chi connectivity index (χ3n) is 4.81. The lowest BCUT2D eigenvalue weighted by atomic mass is 10.3. The number of ether oxygens (including phenoxy) is 3. The van der Waals surface area contributed by atoms with Crippen molar-refractivity contribution in [2.24, 2.45) is 0 Å². The molecule has 0 spiro atoms. The summed E-state index contributed by atoms with van der Waals surface area (Å²) in [7, 11) is 0. The van der Waals surface area contributed by atoms with E-state index < -0.39 is 0 Å². The molecule has 3 heterocycles. The molecule has 0 saturated carbocycles. The first kappa shape index (κ1) is 26.0. The number of hydrogen-bond acceptors (Lipinski definition) is 9. The Hall–Kier alpha value is -0.0600. The Morgan fingerprint density at radius 1 is 0.636 bits per heavy atom. The maximum absolute atomic E-state index is 6.42. The van der Waals surface area contributed by atoms with E-state index in [1.165, 1.54) is 16.1 Å². The summed E-state index contributed by atoms with van der Waals surface area (Å²) in [6.45, 7) is 12.4. The van der Waals surface area contributed by atoms with Gasteiger partial charge in [0.15, 0.2) is 10.9 Å². The summed E-state index contributed by atoms with van der Waals surface area (Å²) in [4.78, 5) is 1.22. The average Bonchev–Trinajstić information content (AvgIpc) is 3.20. The lowest BCUT2D eigenvalue weighted by Crippen LogP contribution is -2.17. The minimum Gasteiger partial charge on any atom is -0.479 e. The molecule has 33 heavy (non-hydrogen) atoms. The van der Waals surface area contributed by atoms with Crippen LogP contribution in [0.15, 0.2) is 54.0 Å². The Kier molecular flexibility index (Phi) is 10.5. The van der Waals surface area contributed by atoms with Gasteiger partial charge in [-0.2, -0.15) is 23.5 Å². The average molecular weight is 559 g/mol. The fourth-order valence-corrected chi connectivity index (χ4v) is 9.94. The molecule has 3 fully saturated rings. The summed E-state index contributed by atoms with van der Waals surface area (Å²) in [5, 5.41) is 0. The minimum atomic E-state index is 0.0930. The van der Waals surface area contributed by atoms with Gasteiger partial charge in [0.1, 0.15) is 22.7 Å². The van der Waals surface area contributed by atoms with Crippen molar-refractivity contribution >= 4 is 70.6 Å². The number of benzene rings is 1. The Balaban J connectivity index is 1.49. The summed E-state index contributed by atoms with van der Waals surface area (Å²) < 4.78 is 19.3. The third kappa shape index (κ3) is 8.83. The molecule has 3 atom stereocenters. The van der Waals surface area contributed by atoms with E-state index in [-0.39, 0.29) is 16.3 Å². The number of hydrogen-bond donors (Lipinski definition) is 0. The molecule has 180 valence electrons. The second-order valence-electron chi connectivity index (χ2n) is 7.92. The van der Waals surface area contributed by atoms with E-state index >= 15 is 0 Å². The predicted octanol–water partition coefficient (Wildman–Crippen LogP) is 7.26. The Morgan fingerprint density at radius 2 is 1.12 bits per heavy atom. The highest BCUT2D eigenvalue weighted by Gasteiger charge is 2.22. The van der Waals surface area contributed by atoms with E-state index in [1.807, 2.05) is 88.8 Å². The molecular formula is C24H30O3S6. The lowest BCUT2D eigenvalue weighted by molar-refractivity contribution is 0.269. The fourth-order valence-electron chi connectivity index (χ4n) is 3.24. The van der Waals surface area contributed by atoms with Crippen molar-refractivity contribution in [2.45, 2.75) is 22.7 Å². The van der Waals surface area contributed by atoms with Gasteiger partial charge in [0, 0.05) is 70.6 Å². The SMILES string of the molecule is C=C1CSCC(Oc2cc(OC3CCSC(=C)CS3)cc(OC3CSCC(=C)CS3)c2)SC1. The molecule has 3 aliphatic rings. The van der Waals surface area contributed by atoms with Gasteiger partial charge in [-0.3, -0.25) is 0 Å². The van der Waals surface area contributed by atoms with Gasteiger partial charge in [-0.05, 0) is 4.91 Å². The van der Waals surface area contributed by atoms with E-state index in [0.29, 0.717) is 0 Å². The van der Waals surface area contributed by atoms with Crippen LogP contribution in [0.4, 0.5) is 0 Å². The molecule has 0 radical (unpaired) electrons. The molecule has 3 aliphatic heterocycles. The molecule has 1 aromatic carbocycles. The molecule has 0 amide bonds. The minimum absolute atomic E-state index is 0.0930. The second-order valence-corrected chi connectivity index (χ2v) is 14.7. The quantitative estimate of drug-likeness (QED) is 0.334. The molecule has 0 aromatic heterocycles. The van der Waals surface area contributed by atoms with Gasteiger partial charge in [0.25, 0.3) is 0 Å². The third-order valence-corrected chi connectivity index (χ3v) is 12.3.